The molecule has 0 heterocycles. The molecule has 2 rings (SSSR count). The molecule has 0 radical (unpaired) electrons. The number of rotatable bonds is 9. The van der Waals surface area contributed by atoms with Crippen molar-refractivity contribution in [3.05, 3.63) is 54.1 Å². The van der Waals surface area contributed by atoms with Gasteiger partial charge < -0.3 is 14.8 Å². The zero-order valence-corrected chi connectivity index (χ0v) is 14.6. The zero-order valence-electron chi connectivity index (χ0n) is 14.6. The number of ether oxygens (including phenoxy) is 2. The van der Waals surface area contributed by atoms with Gasteiger partial charge in [-0.1, -0.05) is 0 Å². The van der Waals surface area contributed by atoms with Crippen molar-refractivity contribution >= 4 is 17.4 Å². The average Bonchev–Trinajstić information content (AvgIpc) is 2.62. The Labute approximate surface area is 148 Å². The molecule has 5 heteroatoms. The highest BCUT2D eigenvalue weighted by atomic mass is 16.5. The van der Waals surface area contributed by atoms with Crippen LogP contribution in [0.4, 0.5) is 5.69 Å². The predicted octanol–water partition coefficient (Wildman–Crippen LogP) is 4.09. The van der Waals surface area contributed by atoms with Crippen molar-refractivity contribution < 1.29 is 19.1 Å². The van der Waals surface area contributed by atoms with E-state index in [9.17, 15) is 9.59 Å². The summed E-state index contributed by atoms with van der Waals surface area (Å²) < 4.78 is 10.7. The summed E-state index contributed by atoms with van der Waals surface area (Å²) >= 11 is 0. The molecule has 0 aliphatic carbocycles. The molecule has 2 aromatic carbocycles. The summed E-state index contributed by atoms with van der Waals surface area (Å²) in [5.41, 5.74) is 1.26. The summed E-state index contributed by atoms with van der Waals surface area (Å²) in [6.07, 6.45) is 0.302. The quantitative estimate of drug-likeness (QED) is 0.698. The van der Waals surface area contributed by atoms with Crippen molar-refractivity contribution in [3.8, 4) is 11.5 Å². The molecular weight excluding hydrogens is 318 g/mol. The van der Waals surface area contributed by atoms with Crippen molar-refractivity contribution in [1.82, 2.24) is 0 Å². The maximum atomic E-state index is 12.1. The number of hydrogen-bond donors (Lipinski definition) is 1. The van der Waals surface area contributed by atoms with Crippen LogP contribution < -0.4 is 14.8 Å². The lowest BCUT2D eigenvalue weighted by molar-refractivity contribution is -0.116. The minimum absolute atomic E-state index is 0.0649. The third-order valence-electron chi connectivity index (χ3n) is 3.52. The Morgan fingerprint density at radius 3 is 1.84 bits per heavy atom. The molecule has 1 N–H and O–H groups in total. The molecule has 0 fully saturated rings. The Balaban J connectivity index is 1.81. The minimum atomic E-state index is -0.191. The number of carbonyl (C=O) groups excluding carboxylic acids is 2. The van der Waals surface area contributed by atoms with Gasteiger partial charge in [-0.3, -0.25) is 9.59 Å². The lowest BCUT2D eigenvalue weighted by Crippen LogP contribution is -2.13. The van der Waals surface area contributed by atoms with Crippen LogP contribution in [0.15, 0.2) is 48.5 Å². The smallest absolute Gasteiger partial charge is 0.224 e. The SMILES string of the molecule is CCOc1ccc(NC(=O)CCC(=O)c2ccc(OCC)cc2)cc1. The fraction of sp³-hybridized carbons (Fsp3) is 0.300. The first kappa shape index (κ1) is 18.5. The van der Waals surface area contributed by atoms with Crippen molar-refractivity contribution in [1.29, 1.82) is 0 Å². The molecule has 0 aromatic heterocycles. The molecule has 25 heavy (non-hydrogen) atoms. The van der Waals surface area contributed by atoms with Gasteiger partial charge in [0.15, 0.2) is 5.78 Å². The van der Waals surface area contributed by atoms with Gasteiger partial charge in [-0.15, -0.1) is 0 Å². The Hall–Kier alpha value is -2.82. The number of ketones is 1. The normalized spacial score (nSPS) is 10.2. The second-order valence-corrected chi connectivity index (χ2v) is 5.39. The fourth-order valence-corrected chi connectivity index (χ4v) is 2.30. The van der Waals surface area contributed by atoms with E-state index in [1.165, 1.54) is 0 Å². The van der Waals surface area contributed by atoms with E-state index in [0.29, 0.717) is 24.5 Å². The van der Waals surface area contributed by atoms with Crippen molar-refractivity contribution in [2.45, 2.75) is 26.7 Å². The first-order valence-corrected chi connectivity index (χ1v) is 8.41. The number of nitrogens with one attached hydrogen (secondary N) is 1. The summed E-state index contributed by atoms with van der Waals surface area (Å²) in [6, 6.07) is 14.1. The lowest BCUT2D eigenvalue weighted by Gasteiger charge is -2.07. The van der Waals surface area contributed by atoms with Gasteiger partial charge in [0.1, 0.15) is 11.5 Å². The Kier molecular flexibility index (Phi) is 7.01. The highest BCUT2D eigenvalue weighted by Crippen LogP contribution is 2.17. The number of hydrogen-bond acceptors (Lipinski definition) is 4. The monoisotopic (exact) mass is 341 g/mol. The topological polar surface area (TPSA) is 64.6 Å². The molecule has 0 unspecified atom stereocenters. The number of amides is 1. The summed E-state index contributed by atoms with van der Waals surface area (Å²) in [7, 11) is 0. The predicted molar refractivity (Wildman–Crippen MR) is 97.4 cm³/mol. The molecule has 0 spiro atoms. The van der Waals surface area contributed by atoms with E-state index < -0.39 is 0 Å². The van der Waals surface area contributed by atoms with Gasteiger partial charge in [0.25, 0.3) is 0 Å². The third-order valence-corrected chi connectivity index (χ3v) is 3.52. The van der Waals surface area contributed by atoms with Crippen molar-refractivity contribution in [3.63, 3.8) is 0 Å². The lowest BCUT2D eigenvalue weighted by atomic mass is 10.1. The summed E-state index contributed by atoms with van der Waals surface area (Å²) in [5.74, 6) is 1.23. The molecule has 0 bridgehead atoms. The molecule has 0 aliphatic heterocycles. The fourth-order valence-electron chi connectivity index (χ4n) is 2.30. The van der Waals surface area contributed by atoms with Crippen LogP contribution in [0.2, 0.25) is 0 Å². The molecule has 2 aromatic rings. The zero-order chi connectivity index (χ0) is 18.1. The van der Waals surface area contributed by atoms with Gasteiger partial charge in [0, 0.05) is 24.1 Å². The van der Waals surface area contributed by atoms with Crippen LogP contribution in [0.5, 0.6) is 11.5 Å². The van der Waals surface area contributed by atoms with Gasteiger partial charge in [-0.05, 0) is 62.4 Å². The summed E-state index contributed by atoms with van der Waals surface area (Å²) in [5, 5.41) is 2.78. The van der Waals surface area contributed by atoms with Gasteiger partial charge in [0.2, 0.25) is 5.91 Å². The standard InChI is InChI=1S/C20H23NO4/c1-3-24-17-9-5-15(6-10-17)19(22)13-14-20(23)21-16-7-11-18(12-8-16)25-4-2/h5-12H,3-4,13-14H2,1-2H3,(H,21,23). The molecule has 0 saturated carbocycles. The Morgan fingerprint density at radius 1 is 0.800 bits per heavy atom. The highest BCUT2D eigenvalue weighted by Gasteiger charge is 2.10. The number of anilines is 1. The van der Waals surface area contributed by atoms with E-state index in [0.717, 1.165) is 11.5 Å². The van der Waals surface area contributed by atoms with Crippen LogP contribution in [-0.4, -0.2) is 24.9 Å². The number of carbonyl (C=O) groups is 2. The molecule has 5 nitrogen and oxygen atoms in total. The third kappa shape index (κ3) is 5.95. The van der Waals surface area contributed by atoms with Crippen molar-refractivity contribution in [2.24, 2.45) is 0 Å². The van der Waals surface area contributed by atoms with Crippen LogP contribution in [0.1, 0.15) is 37.0 Å². The summed E-state index contributed by atoms with van der Waals surface area (Å²) in [4.78, 5) is 24.1. The van der Waals surface area contributed by atoms with E-state index in [2.05, 4.69) is 5.32 Å². The maximum absolute atomic E-state index is 12.1. The van der Waals surface area contributed by atoms with Gasteiger partial charge in [-0.25, -0.2) is 0 Å². The molecule has 0 atom stereocenters. The number of benzene rings is 2. The van der Waals surface area contributed by atoms with Crippen LogP contribution >= 0.6 is 0 Å². The van der Waals surface area contributed by atoms with E-state index in [4.69, 9.17) is 9.47 Å². The van der Waals surface area contributed by atoms with E-state index in [-0.39, 0.29) is 24.5 Å². The van der Waals surface area contributed by atoms with Gasteiger partial charge in [0.05, 0.1) is 13.2 Å². The van der Waals surface area contributed by atoms with Gasteiger partial charge in [-0.2, -0.15) is 0 Å². The largest absolute Gasteiger partial charge is 0.494 e. The minimum Gasteiger partial charge on any atom is -0.494 e. The molecular formula is C20H23NO4. The van der Waals surface area contributed by atoms with Crippen LogP contribution in [0.25, 0.3) is 0 Å². The van der Waals surface area contributed by atoms with E-state index >= 15 is 0 Å². The van der Waals surface area contributed by atoms with Crippen LogP contribution in [0, 0.1) is 0 Å². The van der Waals surface area contributed by atoms with Crippen LogP contribution in [-0.2, 0) is 4.79 Å². The number of Topliss-reactive ketones (excluding diaryl/α,β-unsaturated/α-hetero) is 1. The second-order valence-electron chi connectivity index (χ2n) is 5.39. The van der Waals surface area contributed by atoms with Gasteiger partial charge >= 0.3 is 0 Å². The molecule has 132 valence electrons. The first-order chi connectivity index (χ1) is 12.1. The van der Waals surface area contributed by atoms with Crippen LogP contribution in [0.3, 0.4) is 0 Å². The van der Waals surface area contributed by atoms with E-state index in [1.807, 2.05) is 13.8 Å². The summed E-state index contributed by atoms with van der Waals surface area (Å²) in [6.45, 7) is 5.00. The Bertz CT molecular complexity index is 693. The molecule has 1 amide bonds. The molecule has 0 aliphatic rings. The second kappa shape index (κ2) is 9.47. The maximum Gasteiger partial charge on any atom is 0.224 e. The first-order valence-electron chi connectivity index (χ1n) is 8.41. The Morgan fingerprint density at radius 2 is 1.32 bits per heavy atom. The highest BCUT2D eigenvalue weighted by molar-refractivity contribution is 6.00. The van der Waals surface area contributed by atoms with Crippen molar-refractivity contribution in [2.75, 3.05) is 18.5 Å². The average molecular weight is 341 g/mol. The molecule has 0 saturated heterocycles. The van der Waals surface area contributed by atoms with E-state index in [1.54, 1.807) is 48.5 Å².